The molecule has 0 saturated carbocycles. The number of halogens is 1. The third kappa shape index (κ3) is 2.53. The molecule has 0 aromatic heterocycles. The third-order valence-corrected chi connectivity index (χ3v) is 2.90. The Morgan fingerprint density at radius 2 is 1.94 bits per heavy atom. The second-order valence-electron chi connectivity index (χ2n) is 4.13. The first-order chi connectivity index (χ1) is 8.58. The SMILES string of the molecule is Cc1c(Cc2cccc(F)c2)cccc1[N+](=O)[O-]. The maximum atomic E-state index is 13.1. The molecule has 2 aromatic rings. The van der Waals surface area contributed by atoms with E-state index in [1.54, 1.807) is 25.1 Å². The lowest BCUT2D eigenvalue weighted by atomic mass is 9.99. The Bertz CT molecular complexity index is 596. The Morgan fingerprint density at radius 1 is 1.22 bits per heavy atom. The summed E-state index contributed by atoms with van der Waals surface area (Å²) in [6, 6.07) is 11.2. The van der Waals surface area contributed by atoms with Gasteiger partial charge in [-0.15, -0.1) is 0 Å². The number of hydrogen-bond acceptors (Lipinski definition) is 2. The molecule has 0 saturated heterocycles. The lowest BCUT2D eigenvalue weighted by Crippen LogP contribution is -1.97. The number of rotatable bonds is 3. The molecule has 0 aliphatic carbocycles. The highest BCUT2D eigenvalue weighted by Gasteiger charge is 2.13. The Hall–Kier alpha value is -2.23. The number of nitro groups is 1. The molecule has 0 atom stereocenters. The molecule has 92 valence electrons. The minimum absolute atomic E-state index is 0.101. The summed E-state index contributed by atoms with van der Waals surface area (Å²) in [5, 5.41) is 10.8. The number of benzene rings is 2. The van der Waals surface area contributed by atoms with Crippen molar-refractivity contribution in [1.29, 1.82) is 0 Å². The molecule has 2 aromatic carbocycles. The highest BCUT2D eigenvalue weighted by atomic mass is 19.1. The van der Waals surface area contributed by atoms with Crippen molar-refractivity contribution in [2.45, 2.75) is 13.3 Å². The molecule has 0 spiro atoms. The van der Waals surface area contributed by atoms with Crippen LogP contribution in [0, 0.1) is 22.9 Å². The van der Waals surface area contributed by atoms with Crippen LogP contribution in [-0.2, 0) is 6.42 Å². The monoisotopic (exact) mass is 245 g/mol. The molecule has 0 aliphatic heterocycles. The molecule has 0 radical (unpaired) electrons. The molecule has 0 fully saturated rings. The van der Waals surface area contributed by atoms with E-state index in [0.29, 0.717) is 12.0 Å². The van der Waals surface area contributed by atoms with E-state index >= 15 is 0 Å². The molecule has 3 nitrogen and oxygen atoms in total. The molecule has 0 N–H and O–H groups in total. The fraction of sp³-hybridized carbons (Fsp3) is 0.143. The molecule has 0 aliphatic rings. The van der Waals surface area contributed by atoms with Crippen LogP contribution in [0.4, 0.5) is 10.1 Å². The maximum Gasteiger partial charge on any atom is 0.272 e. The van der Waals surface area contributed by atoms with Crippen LogP contribution in [0.15, 0.2) is 42.5 Å². The van der Waals surface area contributed by atoms with Crippen molar-refractivity contribution >= 4 is 5.69 Å². The first-order valence-electron chi connectivity index (χ1n) is 5.55. The van der Waals surface area contributed by atoms with E-state index in [4.69, 9.17) is 0 Å². The van der Waals surface area contributed by atoms with Crippen molar-refractivity contribution in [3.63, 3.8) is 0 Å². The zero-order chi connectivity index (χ0) is 13.1. The van der Waals surface area contributed by atoms with E-state index in [1.165, 1.54) is 18.2 Å². The predicted octanol–water partition coefficient (Wildman–Crippen LogP) is 3.63. The van der Waals surface area contributed by atoms with E-state index in [0.717, 1.165) is 11.1 Å². The van der Waals surface area contributed by atoms with Gasteiger partial charge >= 0.3 is 0 Å². The predicted molar refractivity (Wildman–Crippen MR) is 67.0 cm³/mol. The van der Waals surface area contributed by atoms with Crippen molar-refractivity contribution in [3.8, 4) is 0 Å². The van der Waals surface area contributed by atoms with Gasteiger partial charge in [0.15, 0.2) is 0 Å². The van der Waals surface area contributed by atoms with E-state index in [1.807, 2.05) is 6.07 Å². The molecular weight excluding hydrogens is 233 g/mol. The second kappa shape index (κ2) is 4.96. The van der Waals surface area contributed by atoms with Gasteiger partial charge in [-0.25, -0.2) is 4.39 Å². The molecule has 4 heteroatoms. The largest absolute Gasteiger partial charge is 0.272 e. The van der Waals surface area contributed by atoms with Crippen LogP contribution in [-0.4, -0.2) is 4.92 Å². The van der Waals surface area contributed by atoms with Gasteiger partial charge in [0.2, 0.25) is 0 Å². The lowest BCUT2D eigenvalue weighted by Gasteiger charge is -2.06. The summed E-state index contributed by atoms with van der Waals surface area (Å²) in [6.45, 7) is 1.72. The lowest BCUT2D eigenvalue weighted by molar-refractivity contribution is -0.385. The van der Waals surface area contributed by atoms with Crippen LogP contribution in [0.5, 0.6) is 0 Å². The fourth-order valence-electron chi connectivity index (χ4n) is 1.93. The van der Waals surface area contributed by atoms with Crippen molar-refractivity contribution in [2.24, 2.45) is 0 Å². The van der Waals surface area contributed by atoms with Crippen molar-refractivity contribution in [2.75, 3.05) is 0 Å². The molecule has 18 heavy (non-hydrogen) atoms. The Morgan fingerprint density at radius 3 is 2.61 bits per heavy atom. The smallest absolute Gasteiger partial charge is 0.258 e. The summed E-state index contributed by atoms with van der Waals surface area (Å²) in [4.78, 5) is 10.4. The summed E-state index contributed by atoms with van der Waals surface area (Å²) in [5.41, 5.74) is 2.38. The van der Waals surface area contributed by atoms with Crippen molar-refractivity contribution in [3.05, 3.63) is 75.1 Å². The minimum atomic E-state index is -0.398. The standard InChI is InChI=1S/C14H12FNO2/c1-10-12(5-3-7-14(10)16(17)18)8-11-4-2-6-13(15)9-11/h2-7,9H,8H2,1H3. The Labute approximate surface area is 104 Å². The summed E-state index contributed by atoms with van der Waals surface area (Å²) in [6.07, 6.45) is 0.491. The quantitative estimate of drug-likeness (QED) is 0.612. The van der Waals surface area contributed by atoms with Gasteiger partial charge in [0.05, 0.1) is 4.92 Å². The first-order valence-corrected chi connectivity index (χ1v) is 5.55. The first kappa shape index (κ1) is 12.2. The number of nitrogens with zero attached hydrogens (tertiary/aromatic N) is 1. The van der Waals surface area contributed by atoms with Gasteiger partial charge in [0.1, 0.15) is 5.82 Å². The number of nitro benzene ring substituents is 1. The van der Waals surface area contributed by atoms with Crippen LogP contribution in [0.3, 0.4) is 0 Å². The summed E-state index contributed by atoms with van der Waals surface area (Å²) in [5.74, 6) is -0.296. The zero-order valence-corrected chi connectivity index (χ0v) is 9.89. The summed E-state index contributed by atoms with van der Waals surface area (Å²) < 4.78 is 13.1. The average molecular weight is 245 g/mol. The Kier molecular flexibility index (Phi) is 3.37. The highest BCUT2D eigenvalue weighted by molar-refractivity contribution is 5.46. The minimum Gasteiger partial charge on any atom is -0.258 e. The topological polar surface area (TPSA) is 43.1 Å². The van der Waals surface area contributed by atoms with Crippen LogP contribution in [0.25, 0.3) is 0 Å². The molecule has 0 unspecified atom stereocenters. The van der Waals surface area contributed by atoms with E-state index in [9.17, 15) is 14.5 Å². The molecule has 0 amide bonds. The maximum absolute atomic E-state index is 13.1. The van der Waals surface area contributed by atoms with Crippen LogP contribution >= 0.6 is 0 Å². The van der Waals surface area contributed by atoms with E-state index in [2.05, 4.69) is 0 Å². The van der Waals surface area contributed by atoms with Gasteiger partial charge in [0.25, 0.3) is 5.69 Å². The molecular formula is C14H12FNO2. The average Bonchev–Trinajstić information content (AvgIpc) is 2.31. The Balaban J connectivity index is 2.35. The summed E-state index contributed by atoms with van der Waals surface area (Å²) >= 11 is 0. The molecule has 2 rings (SSSR count). The van der Waals surface area contributed by atoms with Gasteiger partial charge in [0, 0.05) is 11.6 Å². The van der Waals surface area contributed by atoms with E-state index in [-0.39, 0.29) is 11.5 Å². The van der Waals surface area contributed by atoms with Crippen molar-refractivity contribution < 1.29 is 9.31 Å². The molecule has 0 bridgehead atoms. The van der Waals surface area contributed by atoms with Crippen LogP contribution in [0.1, 0.15) is 16.7 Å². The van der Waals surface area contributed by atoms with Crippen LogP contribution < -0.4 is 0 Å². The summed E-state index contributed by atoms with van der Waals surface area (Å²) in [7, 11) is 0. The van der Waals surface area contributed by atoms with Gasteiger partial charge in [-0.1, -0.05) is 24.3 Å². The number of hydrogen-bond donors (Lipinski definition) is 0. The zero-order valence-electron chi connectivity index (χ0n) is 9.89. The van der Waals surface area contributed by atoms with E-state index < -0.39 is 4.92 Å². The fourth-order valence-corrected chi connectivity index (χ4v) is 1.93. The normalized spacial score (nSPS) is 10.3. The van der Waals surface area contributed by atoms with Gasteiger partial charge in [-0.2, -0.15) is 0 Å². The second-order valence-corrected chi connectivity index (χ2v) is 4.13. The van der Waals surface area contributed by atoms with Gasteiger partial charge < -0.3 is 0 Å². The third-order valence-electron chi connectivity index (χ3n) is 2.90. The van der Waals surface area contributed by atoms with Crippen molar-refractivity contribution in [1.82, 2.24) is 0 Å². The van der Waals surface area contributed by atoms with Gasteiger partial charge in [-0.05, 0) is 36.6 Å². The van der Waals surface area contributed by atoms with Crippen LogP contribution in [0.2, 0.25) is 0 Å². The molecule has 0 heterocycles. The highest BCUT2D eigenvalue weighted by Crippen LogP contribution is 2.23. The van der Waals surface area contributed by atoms with Gasteiger partial charge in [-0.3, -0.25) is 10.1 Å².